The predicted molar refractivity (Wildman–Crippen MR) is 112 cm³/mol. The lowest BCUT2D eigenvalue weighted by Gasteiger charge is -2.14. The summed E-state index contributed by atoms with van der Waals surface area (Å²) in [6, 6.07) is 2.63. The summed E-state index contributed by atoms with van der Waals surface area (Å²) in [4.78, 5) is 0. The van der Waals surface area contributed by atoms with Crippen LogP contribution in [0.25, 0.3) is 0 Å². The second kappa shape index (κ2) is 12.9. The third-order valence-electron chi connectivity index (χ3n) is 2.32. The van der Waals surface area contributed by atoms with Crippen LogP contribution in [0.3, 0.4) is 0 Å². The molecule has 0 saturated carbocycles. The first-order chi connectivity index (χ1) is 9.83. The molecular weight excluding hydrogens is 389 g/mol. The highest BCUT2D eigenvalue weighted by Gasteiger charge is 2.12. The van der Waals surface area contributed by atoms with Crippen molar-refractivity contribution in [2.75, 3.05) is 24.0 Å². The zero-order valence-electron chi connectivity index (χ0n) is 15.8. The Kier molecular flexibility index (Phi) is 15.9. The van der Waals surface area contributed by atoms with Gasteiger partial charge in [0.25, 0.3) is 0 Å². The van der Waals surface area contributed by atoms with E-state index in [0.29, 0.717) is 0 Å². The molecule has 0 aliphatic heterocycles. The molecule has 0 aliphatic carbocycles. The Morgan fingerprint density at radius 2 is 0.957 bits per heavy atom. The van der Waals surface area contributed by atoms with Gasteiger partial charge < -0.3 is 0 Å². The van der Waals surface area contributed by atoms with Crippen molar-refractivity contribution in [2.24, 2.45) is 0 Å². The summed E-state index contributed by atoms with van der Waals surface area (Å²) in [5, 5.41) is 0. The van der Waals surface area contributed by atoms with E-state index in [0.717, 1.165) is 11.5 Å². The van der Waals surface area contributed by atoms with Crippen molar-refractivity contribution in [3.63, 3.8) is 0 Å². The van der Waals surface area contributed by atoms with Crippen molar-refractivity contribution in [2.45, 2.75) is 51.4 Å². The molecule has 0 fully saturated rings. The molecule has 11 heteroatoms. The van der Waals surface area contributed by atoms with Crippen LogP contribution in [0, 0.1) is 9.56 Å². The Bertz CT molecular complexity index is 422. The zero-order valence-corrected chi connectivity index (χ0v) is 20.2. The summed E-state index contributed by atoms with van der Waals surface area (Å²) >= 11 is 0. The molecule has 0 radical (unpaired) electrons. The Morgan fingerprint density at radius 1 is 0.783 bits per heavy atom. The minimum atomic E-state index is -4.67. The topological polar surface area (TPSA) is 122 Å². The molecule has 0 saturated heterocycles. The molecule has 2 atom stereocenters. The lowest BCUT2D eigenvalue weighted by Crippen LogP contribution is -2.21. The number of rotatable bonds is 6. The maximum absolute atomic E-state index is 8.74. The Balaban J connectivity index is -0.000000273. The average Bonchev–Trinajstić information content (AvgIpc) is 2.20. The van der Waals surface area contributed by atoms with E-state index < -0.39 is 26.5 Å². The minimum absolute atomic E-state index is 0.0773. The van der Waals surface area contributed by atoms with Gasteiger partial charge in [-0.25, -0.2) is 0 Å². The molecule has 0 aromatic carbocycles. The molecule has 0 amide bonds. The first kappa shape index (κ1) is 28.4. The molecule has 0 aromatic rings. The number of hydrogen-bond donors (Lipinski definition) is 4. The van der Waals surface area contributed by atoms with Crippen LogP contribution in [0.1, 0.15) is 0 Å². The summed E-state index contributed by atoms with van der Waals surface area (Å²) in [5.41, 5.74) is 0. The summed E-state index contributed by atoms with van der Waals surface area (Å²) in [7, 11) is -6.49. The minimum Gasteiger partial charge on any atom is -0.281 e. The highest BCUT2D eigenvalue weighted by Crippen LogP contribution is 2.08. The number of nitrogens with one attached hydrogen (secondary N) is 2. The van der Waals surface area contributed by atoms with Crippen LogP contribution in [0.5, 0.6) is 0 Å². The molecule has 6 nitrogen and oxygen atoms in total. The fourth-order valence-electron chi connectivity index (χ4n) is 0.919. The molecule has 144 valence electrons. The van der Waals surface area contributed by atoms with Crippen LogP contribution in [0.4, 0.5) is 0 Å². The molecule has 0 aliphatic rings. The molecule has 0 heterocycles. The third kappa shape index (κ3) is 60.4. The zero-order chi connectivity index (χ0) is 19.5. The lowest BCUT2D eigenvalue weighted by atomic mass is 11.0. The number of hydrogen-bond acceptors (Lipinski definition) is 4. The van der Waals surface area contributed by atoms with Crippen LogP contribution in [-0.2, 0) is 31.8 Å². The van der Waals surface area contributed by atoms with Crippen molar-refractivity contribution >= 4 is 47.9 Å². The van der Waals surface area contributed by atoms with Gasteiger partial charge in [-0.2, -0.15) is 8.42 Å². The standard InChI is InChI=1S/2C6H17NSSi.H2O4S/c2*1-8(7)5-6-9(2,3)4;1-5(2,3)4/h2*7H,5-6H2,1-4H3;(H2,1,2,3,4). The molecule has 4 N–H and O–H groups in total. The van der Waals surface area contributed by atoms with Crippen LogP contribution in [0.2, 0.25) is 51.4 Å². The molecule has 0 aromatic heterocycles. The van der Waals surface area contributed by atoms with Gasteiger partial charge in [-0.05, 0) is 24.6 Å². The second-order valence-electron chi connectivity index (χ2n) is 7.75. The van der Waals surface area contributed by atoms with Crippen LogP contribution in [-0.4, -0.2) is 57.7 Å². The van der Waals surface area contributed by atoms with Crippen molar-refractivity contribution in [1.29, 1.82) is 9.56 Å². The normalized spacial score (nSPS) is 14.7. The lowest BCUT2D eigenvalue weighted by molar-refractivity contribution is 0.381. The fourth-order valence-corrected chi connectivity index (χ4v) is 8.27. The Labute approximate surface area is 150 Å². The van der Waals surface area contributed by atoms with Gasteiger partial charge in [-0.1, -0.05) is 39.3 Å². The van der Waals surface area contributed by atoms with E-state index in [1.807, 2.05) is 12.5 Å². The van der Waals surface area contributed by atoms with Crippen molar-refractivity contribution in [1.82, 2.24) is 0 Å². The van der Waals surface area contributed by atoms with Crippen LogP contribution in [0.15, 0.2) is 0 Å². The monoisotopic (exact) mass is 424 g/mol. The highest BCUT2D eigenvalue weighted by atomic mass is 32.3. The Morgan fingerprint density at radius 3 is 1.00 bits per heavy atom. The summed E-state index contributed by atoms with van der Waals surface area (Å²) < 4.78 is 46.2. The molecule has 23 heavy (non-hydrogen) atoms. The molecule has 0 bridgehead atoms. The quantitative estimate of drug-likeness (QED) is 0.380. The van der Waals surface area contributed by atoms with Gasteiger partial charge >= 0.3 is 10.4 Å². The van der Waals surface area contributed by atoms with E-state index >= 15 is 0 Å². The SMILES string of the molecule is CS(=N)CC[Si](C)(C)C.CS(=N)CC[Si](C)(C)C.O=S(=O)(O)O. The van der Waals surface area contributed by atoms with E-state index in [-0.39, 0.29) is 21.4 Å². The molecule has 2 unspecified atom stereocenters. The van der Waals surface area contributed by atoms with Gasteiger partial charge in [0, 0.05) is 27.7 Å². The predicted octanol–water partition coefficient (Wildman–Crippen LogP) is 4.02. The summed E-state index contributed by atoms with van der Waals surface area (Å²) in [5.74, 6) is 2.24. The molecular formula is C12H36N2O4S3Si2. The Hall–Kier alpha value is 0.604. The van der Waals surface area contributed by atoms with E-state index in [9.17, 15) is 0 Å². The average molecular weight is 425 g/mol. The van der Waals surface area contributed by atoms with E-state index in [2.05, 4.69) is 39.3 Å². The van der Waals surface area contributed by atoms with Crippen molar-refractivity contribution in [3.8, 4) is 0 Å². The van der Waals surface area contributed by atoms with E-state index in [1.54, 1.807) is 0 Å². The maximum atomic E-state index is 8.74. The summed E-state index contributed by atoms with van der Waals surface area (Å²) in [6.07, 6.45) is 4.00. The van der Waals surface area contributed by atoms with Gasteiger partial charge in [0.1, 0.15) is 0 Å². The van der Waals surface area contributed by atoms with Gasteiger partial charge in [0.2, 0.25) is 0 Å². The van der Waals surface area contributed by atoms with Crippen LogP contribution >= 0.6 is 0 Å². The summed E-state index contributed by atoms with van der Waals surface area (Å²) in [6.45, 7) is 14.2. The first-order valence-electron chi connectivity index (χ1n) is 7.21. The van der Waals surface area contributed by atoms with Crippen LogP contribution < -0.4 is 0 Å². The maximum Gasteiger partial charge on any atom is 0.394 e. The second-order valence-corrected chi connectivity index (χ2v) is 23.3. The fraction of sp³-hybridized carbons (Fsp3) is 1.00. The van der Waals surface area contributed by atoms with Gasteiger partial charge in [-0.3, -0.25) is 18.7 Å². The first-order valence-corrected chi connectivity index (χ1v) is 19.6. The smallest absolute Gasteiger partial charge is 0.281 e. The van der Waals surface area contributed by atoms with E-state index in [4.69, 9.17) is 27.1 Å². The third-order valence-corrected chi connectivity index (χ3v) is 8.17. The van der Waals surface area contributed by atoms with Gasteiger partial charge in [0.15, 0.2) is 0 Å². The van der Waals surface area contributed by atoms with Gasteiger partial charge in [-0.15, -0.1) is 21.4 Å². The molecule has 0 spiro atoms. The molecule has 0 rings (SSSR count). The van der Waals surface area contributed by atoms with E-state index in [1.165, 1.54) is 12.1 Å². The largest absolute Gasteiger partial charge is 0.394 e. The van der Waals surface area contributed by atoms with Gasteiger partial charge in [0.05, 0.1) is 0 Å². The highest BCUT2D eigenvalue weighted by molar-refractivity contribution is 7.85. The van der Waals surface area contributed by atoms with Crippen molar-refractivity contribution < 1.29 is 17.5 Å². The van der Waals surface area contributed by atoms with Crippen molar-refractivity contribution in [3.05, 3.63) is 0 Å².